The number of rotatable bonds is 7. The summed E-state index contributed by atoms with van der Waals surface area (Å²) in [5, 5.41) is 9.97. The lowest BCUT2D eigenvalue weighted by atomic mass is 9.96. The molecule has 1 heterocycles. The number of furan rings is 1. The number of fused-ring (bicyclic) bond motifs is 1. The van der Waals surface area contributed by atoms with Crippen LogP contribution in [0, 0.1) is 7.14 Å². The summed E-state index contributed by atoms with van der Waals surface area (Å²) in [5.74, 6) is -0.0987. The van der Waals surface area contributed by atoms with Gasteiger partial charge in [0, 0.05) is 22.6 Å². The van der Waals surface area contributed by atoms with Crippen LogP contribution >= 0.6 is 45.2 Å². The molecular weight excluding hydrogens is 612 g/mol. The summed E-state index contributed by atoms with van der Waals surface area (Å²) in [6.07, 6.45) is -0.607. The minimum atomic E-state index is -1.02. The highest BCUT2D eigenvalue weighted by molar-refractivity contribution is 14.1. The number of carbonyl (C=O) groups excluding carboxylic acids is 1. The Kier molecular flexibility index (Phi) is 6.95. The second-order valence-electron chi connectivity index (χ2n) is 7.20. The number of ether oxygens (including phenoxy) is 1. The number of nitrogens with two attached hydrogens (primary N) is 1. The summed E-state index contributed by atoms with van der Waals surface area (Å²) >= 11 is 4.13. The van der Waals surface area contributed by atoms with E-state index in [1.54, 1.807) is 37.3 Å². The van der Waals surface area contributed by atoms with Crippen molar-refractivity contribution >= 4 is 73.6 Å². The van der Waals surface area contributed by atoms with Crippen molar-refractivity contribution < 1.29 is 23.8 Å². The van der Waals surface area contributed by atoms with Gasteiger partial charge in [-0.1, -0.05) is 20.8 Å². The topological polar surface area (TPSA) is 103 Å². The van der Waals surface area contributed by atoms with E-state index in [0.717, 1.165) is 0 Å². The SMILES string of the molecule is CCC(Oc1c(I)cc(C(=O)c2c(C(C)C)oc3ccc(N)cc23)cc1I)C(=O)O. The summed E-state index contributed by atoms with van der Waals surface area (Å²) in [5.41, 5.74) is 8.11. The molecular formula is C22H21I2NO5. The smallest absolute Gasteiger partial charge is 0.344 e. The number of carboxylic acids is 1. The van der Waals surface area contributed by atoms with E-state index in [4.69, 9.17) is 14.9 Å². The zero-order valence-electron chi connectivity index (χ0n) is 16.7. The minimum absolute atomic E-state index is 0.0132. The first kappa shape index (κ1) is 22.9. The van der Waals surface area contributed by atoms with Crippen LogP contribution in [0.5, 0.6) is 5.75 Å². The number of aliphatic carboxylic acids is 1. The Morgan fingerprint density at radius 2 is 1.80 bits per heavy atom. The van der Waals surface area contributed by atoms with E-state index in [1.807, 2.05) is 13.8 Å². The molecule has 8 heteroatoms. The zero-order valence-corrected chi connectivity index (χ0v) is 21.0. The van der Waals surface area contributed by atoms with Crippen molar-refractivity contribution in [3.8, 4) is 5.75 Å². The Morgan fingerprint density at radius 1 is 1.17 bits per heavy atom. The molecule has 0 saturated heterocycles. The Balaban J connectivity index is 2.09. The van der Waals surface area contributed by atoms with Crippen LogP contribution in [0.25, 0.3) is 11.0 Å². The van der Waals surface area contributed by atoms with E-state index in [0.29, 0.717) is 52.9 Å². The highest BCUT2D eigenvalue weighted by atomic mass is 127. The van der Waals surface area contributed by atoms with E-state index in [9.17, 15) is 14.7 Å². The molecule has 2 aromatic carbocycles. The third-order valence-electron chi connectivity index (χ3n) is 4.66. The molecule has 0 bridgehead atoms. The van der Waals surface area contributed by atoms with E-state index in [-0.39, 0.29) is 11.7 Å². The largest absolute Gasteiger partial charge is 0.479 e. The molecule has 0 aliphatic heterocycles. The predicted molar refractivity (Wildman–Crippen MR) is 132 cm³/mol. The third-order valence-corrected chi connectivity index (χ3v) is 6.26. The van der Waals surface area contributed by atoms with Gasteiger partial charge >= 0.3 is 5.97 Å². The lowest BCUT2D eigenvalue weighted by Crippen LogP contribution is -2.26. The molecule has 3 N–H and O–H groups in total. The van der Waals surface area contributed by atoms with Gasteiger partial charge in [0.05, 0.1) is 12.7 Å². The van der Waals surface area contributed by atoms with E-state index >= 15 is 0 Å². The number of ketones is 1. The van der Waals surface area contributed by atoms with Crippen molar-refractivity contribution in [3.63, 3.8) is 0 Å². The highest BCUT2D eigenvalue weighted by Gasteiger charge is 2.26. The van der Waals surface area contributed by atoms with Crippen molar-refractivity contribution in [1.29, 1.82) is 0 Å². The number of benzene rings is 2. The molecule has 30 heavy (non-hydrogen) atoms. The number of nitrogen functional groups attached to an aromatic ring is 1. The fourth-order valence-corrected chi connectivity index (χ4v) is 5.20. The summed E-state index contributed by atoms with van der Waals surface area (Å²) < 4.78 is 13.0. The van der Waals surface area contributed by atoms with Gasteiger partial charge in [0.15, 0.2) is 11.9 Å². The van der Waals surface area contributed by atoms with Gasteiger partial charge in [-0.2, -0.15) is 0 Å². The lowest BCUT2D eigenvalue weighted by Gasteiger charge is -2.17. The van der Waals surface area contributed by atoms with Crippen LogP contribution in [-0.2, 0) is 4.79 Å². The molecule has 0 aliphatic carbocycles. The van der Waals surface area contributed by atoms with Gasteiger partial charge in [0.25, 0.3) is 0 Å². The first-order valence-corrected chi connectivity index (χ1v) is 11.5. The first-order valence-electron chi connectivity index (χ1n) is 9.39. The van der Waals surface area contributed by atoms with Gasteiger partial charge in [0.2, 0.25) is 0 Å². The molecule has 0 fully saturated rings. The number of hydrogen-bond donors (Lipinski definition) is 2. The van der Waals surface area contributed by atoms with Crippen LogP contribution in [0.15, 0.2) is 34.7 Å². The van der Waals surface area contributed by atoms with Crippen LogP contribution in [0.1, 0.15) is 54.8 Å². The predicted octanol–water partition coefficient (Wildman–Crippen LogP) is 5.82. The number of anilines is 1. The van der Waals surface area contributed by atoms with Gasteiger partial charge in [-0.25, -0.2) is 4.79 Å². The molecule has 6 nitrogen and oxygen atoms in total. The molecule has 1 atom stereocenters. The van der Waals surface area contributed by atoms with Gasteiger partial charge in [0.1, 0.15) is 17.1 Å². The molecule has 3 rings (SSSR count). The van der Waals surface area contributed by atoms with Crippen LogP contribution in [0.3, 0.4) is 0 Å². The van der Waals surface area contributed by atoms with Gasteiger partial charge in [-0.3, -0.25) is 4.79 Å². The number of halogens is 2. The quantitative estimate of drug-likeness (QED) is 0.193. The Bertz CT molecular complexity index is 1110. The Hall–Kier alpha value is -1.82. The summed E-state index contributed by atoms with van der Waals surface area (Å²) in [4.78, 5) is 24.9. The monoisotopic (exact) mass is 633 g/mol. The van der Waals surface area contributed by atoms with Crippen molar-refractivity contribution in [2.45, 2.75) is 39.2 Å². The average Bonchev–Trinajstić information content (AvgIpc) is 3.05. The number of carboxylic acid groups (broad SMARTS) is 1. The van der Waals surface area contributed by atoms with E-state index in [1.165, 1.54) is 0 Å². The highest BCUT2D eigenvalue weighted by Crippen LogP contribution is 2.36. The molecule has 0 aliphatic rings. The zero-order chi connectivity index (χ0) is 22.2. The maximum atomic E-state index is 13.5. The fourth-order valence-electron chi connectivity index (χ4n) is 3.17. The molecule has 0 spiro atoms. The van der Waals surface area contributed by atoms with Crippen LogP contribution in [-0.4, -0.2) is 23.0 Å². The normalized spacial score (nSPS) is 12.3. The minimum Gasteiger partial charge on any atom is -0.479 e. The van der Waals surface area contributed by atoms with Gasteiger partial charge < -0.3 is 20.0 Å². The molecule has 158 valence electrons. The second kappa shape index (κ2) is 9.13. The molecule has 3 aromatic rings. The van der Waals surface area contributed by atoms with E-state index < -0.39 is 12.1 Å². The van der Waals surface area contributed by atoms with Crippen LogP contribution < -0.4 is 10.5 Å². The number of hydrogen-bond acceptors (Lipinski definition) is 5. The molecule has 1 aromatic heterocycles. The molecule has 0 saturated carbocycles. The second-order valence-corrected chi connectivity index (χ2v) is 9.53. The Labute approximate surface area is 201 Å². The number of carbonyl (C=O) groups is 2. The Morgan fingerprint density at radius 3 is 2.33 bits per heavy atom. The maximum Gasteiger partial charge on any atom is 0.344 e. The summed E-state index contributed by atoms with van der Waals surface area (Å²) in [6, 6.07) is 8.70. The lowest BCUT2D eigenvalue weighted by molar-refractivity contribution is -0.145. The molecule has 0 radical (unpaired) electrons. The van der Waals surface area contributed by atoms with Crippen LogP contribution in [0.4, 0.5) is 5.69 Å². The third kappa shape index (κ3) is 4.43. The van der Waals surface area contributed by atoms with Crippen molar-refractivity contribution in [2.24, 2.45) is 0 Å². The average molecular weight is 633 g/mol. The first-order chi connectivity index (χ1) is 14.1. The molecule has 1 unspecified atom stereocenters. The summed E-state index contributed by atoms with van der Waals surface area (Å²) in [7, 11) is 0. The van der Waals surface area contributed by atoms with E-state index in [2.05, 4.69) is 45.2 Å². The van der Waals surface area contributed by atoms with Gasteiger partial charge in [-0.05, 0) is 81.9 Å². The van der Waals surface area contributed by atoms with Crippen LogP contribution in [0.2, 0.25) is 0 Å². The summed E-state index contributed by atoms with van der Waals surface area (Å²) in [6.45, 7) is 5.69. The van der Waals surface area contributed by atoms with Crippen molar-refractivity contribution in [1.82, 2.24) is 0 Å². The van der Waals surface area contributed by atoms with Crippen molar-refractivity contribution in [2.75, 3.05) is 5.73 Å². The van der Waals surface area contributed by atoms with Crippen molar-refractivity contribution in [3.05, 3.63) is 54.4 Å². The maximum absolute atomic E-state index is 13.5. The standard InChI is InChI=1S/C22H21I2NO5/c1-4-16(22(27)28)29-21-14(23)7-11(8-15(21)24)19(26)18-13-9-12(25)5-6-17(13)30-20(18)10(2)3/h5-10,16H,4,25H2,1-3H3,(H,27,28). The van der Waals surface area contributed by atoms with Gasteiger partial charge in [-0.15, -0.1) is 0 Å². The molecule has 0 amide bonds. The fraction of sp³-hybridized carbons (Fsp3) is 0.273.